The lowest BCUT2D eigenvalue weighted by molar-refractivity contribution is -0.139. The van der Waals surface area contributed by atoms with Crippen LogP contribution in [-0.4, -0.2) is 44.4 Å². The summed E-state index contributed by atoms with van der Waals surface area (Å²) >= 11 is 3.52. The van der Waals surface area contributed by atoms with Crippen LogP contribution in [0.5, 0.6) is 17.2 Å². The lowest BCUT2D eigenvalue weighted by Crippen LogP contribution is -2.45. The van der Waals surface area contributed by atoms with E-state index in [-0.39, 0.29) is 18.8 Å². The highest BCUT2D eigenvalue weighted by atomic mass is 79.9. The molecule has 1 atom stereocenters. The number of hydrogen-bond acceptors (Lipinski definition) is 8. The van der Waals surface area contributed by atoms with Crippen LogP contribution in [-0.2, 0) is 20.9 Å². The van der Waals surface area contributed by atoms with E-state index >= 15 is 0 Å². The van der Waals surface area contributed by atoms with Gasteiger partial charge < -0.3 is 29.6 Å². The van der Waals surface area contributed by atoms with Gasteiger partial charge >= 0.3 is 12.0 Å². The van der Waals surface area contributed by atoms with Crippen LogP contribution >= 0.6 is 15.9 Å². The van der Waals surface area contributed by atoms with Gasteiger partial charge in [0.25, 0.3) is 5.91 Å². The van der Waals surface area contributed by atoms with Crippen molar-refractivity contribution in [1.82, 2.24) is 16.1 Å². The Hall–Kier alpha value is -4.84. The molecule has 0 saturated carbocycles. The van der Waals surface area contributed by atoms with Crippen LogP contribution in [0.2, 0.25) is 0 Å². The van der Waals surface area contributed by atoms with Crippen LogP contribution in [0.15, 0.2) is 81.5 Å². The molecule has 3 aromatic carbocycles. The normalized spacial score (nSPS) is 14.5. The summed E-state index contributed by atoms with van der Waals surface area (Å²) in [6.07, 6.45) is 1.51. The summed E-state index contributed by atoms with van der Waals surface area (Å²) in [6, 6.07) is 17.3. The molecular weight excluding hydrogens is 632 g/mol. The number of carbonyl (C=O) groups excluding carboxylic acids is 3. The number of allylic oxidation sites excluding steroid dienone is 1. The summed E-state index contributed by atoms with van der Waals surface area (Å²) < 4.78 is 23.0. The number of methoxy groups -OCH3 is 1. The van der Waals surface area contributed by atoms with Gasteiger partial charge in [-0.1, -0.05) is 35.9 Å². The second kappa shape index (κ2) is 15.1. The Bertz CT molecular complexity index is 1610. The quantitative estimate of drug-likeness (QED) is 0.140. The third-order valence-corrected chi connectivity index (χ3v) is 7.10. The zero-order valence-corrected chi connectivity index (χ0v) is 26.3. The second-order valence-electron chi connectivity index (χ2n) is 9.75. The number of rotatable bonds is 12. The van der Waals surface area contributed by atoms with Crippen molar-refractivity contribution >= 4 is 40.1 Å². The molecule has 1 aliphatic heterocycles. The van der Waals surface area contributed by atoms with Gasteiger partial charge in [0, 0.05) is 5.70 Å². The van der Waals surface area contributed by atoms with Crippen LogP contribution in [0, 0.1) is 6.92 Å². The van der Waals surface area contributed by atoms with Gasteiger partial charge in [-0.2, -0.15) is 5.10 Å². The number of halogens is 1. The van der Waals surface area contributed by atoms with E-state index in [0.717, 1.165) is 15.6 Å². The summed E-state index contributed by atoms with van der Waals surface area (Å²) in [5, 5.41) is 9.34. The Morgan fingerprint density at radius 3 is 2.55 bits per heavy atom. The van der Waals surface area contributed by atoms with Gasteiger partial charge in [0.15, 0.2) is 18.1 Å². The number of aryl methyl sites for hydroxylation is 1. The highest BCUT2D eigenvalue weighted by molar-refractivity contribution is 9.10. The van der Waals surface area contributed by atoms with Crippen LogP contribution in [0.3, 0.4) is 0 Å². The maximum atomic E-state index is 12.6. The summed E-state index contributed by atoms with van der Waals surface area (Å²) in [5.74, 6) is 0.250. The molecule has 0 aromatic heterocycles. The predicted octanol–water partition coefficient (Wildman–Crippen LogP) is 5.07. The van der Waals surface area contributed by atoms with Crippen molar-refractivity contribution in [2.24, 2.45) is 5.10 Å². The van der Waals surface area contributed by atoms with Crippen LogP contribution in [0.25, 0.3) is 0 Å². The Morgan fingerprint density at radius 2 is 1.82 bits per heavy atom. The molecule has 0 unspecified atom stereocenters. The standard InChI is InChI=1S/C32H33BrN4O7/c1-5-42-31(39)29-20(3)35-32(40)36-30(29)23-10-12-26(27(15-23)41-4)44-18-28(38)37-34-16-21-9-11-25(24(33)14-21)43-17-22-8-6-7-19(2)13-22/h6-16,30H,5,17-18H2,1-4H3,(H,37,38)(H2,35,36,40)/b34-16-/t30-/m0/s1. The van der Waals surface area contributed by atoms with E-state index in [1.807, 2.05) is 43.3 Å². The molecule has 12 heteroatoms. The fourth-order valence-electron chi connectivity index (χ4n) is 4.44. The van der Waals surface area contributed by atoms with Gasteiger partial charge in [0.1, 0.15) is 12.4 Å². The van der Waals surface area contributed by atoms with Crippen molar-refractivity contribution in [3.63, 3.8) is 0 Å². The first kappa shape index (κ1) is 32.1. The fourth-order valence-corrected chi connectivity index (χ4v) is 4.95. The summed E-state index contributed by atoms with van der Waals surface area (Å²) in [7, 11) is 1.45. The van der Waals surface area contributed by atoms with Crippen molar-refractivity contribution in [2.45, 2.75) is 33.4 Å². The van der Waals surface area contributed by atoms with Gasteiger partial charge in [-0.15, -0.1) is 0 Å². The second-order valence-corrected chi connectivity index (χ2v) is 10.6. The van der Waals surface area contributed by atoms with E-state index in [9.17, 15) is 14.4 Å². The SMILES string of the molecule is CCOC(=O)C1=C(C)NC(=O)N[C@H]1c1ccc(OCC(=O)N/N=C\c2ccc(OCc3cccc(C)c3)c(Br)c2)c(OC)c1. The lowest BCUT2D eigenvalue weighted by Gasteiger charge is -2.28. The van der Waals surface area contributed by atoms with Crippen LogP contribution in [0.4, 0.5) is 4.79 Å². The van der Waals surface area contributed by atoms with Crippen molar-refractivity contribution in [1.29, 1.82) is 0 Å². The number of esters is 1. The predicted molar refractivity (Wildman–Crippen MR) is 168 cm³/mol. The Balaban J connectivity index is 1.33. The van der Waals surface area contributed by atoms with Crippen molar-refractivity contribution in [3.05, 3.63) is 98.7 Å². The molecular formula is C32H33BrN4O7. The lowest BCUT2D eigenvalue weighted by atomic mass is 9.95. The molecule has 1 aliphatic rings. The van der Waals surface area contributed by atoms with E-state index in [0.29, 0.717) is 35.1 Å². The van der Waals surface area contributed by atoms with E-state index in [1.165, 1.54) is 18.9 Å². The highest BCUT2D eigenvalue weighted by Gasteiger charge is 2.32. The Labute approximate surface area is 263 Å². The van der Waals surface area contributed by atoms with Gasteiger partial charge in [-0.25, -0.2) is 15.0 Å². The van der Waals surface area contributed by atoms with E-state index in [1.54, 1.807) is 32.0 Å². The summed E-state index contributed by atoms with van der Waals surface area (Å²) in [5.41, 5.74) is 6.66. The number of carbonyl (C=O) groups is 3. The first-order valence-electron chi connectivity index (χ1n) is 13.7. The maximum Gasteiger partial charge on any atom is 0.338 e. The highest BCUT2D eigenvalue weighted by Crippen LogP contribution is 2.34. The number of ether oxygens (including phenoxy) is 4. The molecule has 3 amide bonds. The monoisotopic (exact) mass is 664 g/mol. The molecule has 44 heavy (non-hydrogen) atoms. The van der Waals surface area contributed by atoms with Crippen LogP contribution < -0.4 is 30.3 Å². The third-order valence-electron chi connectivity index (χ3n) is 6.48. The Kier molecular flexibility index (Phi) is 11.0. The molecule has 0 saturated heterocycles. The van der Waals surface area contributed by atoms with Crippen molar-refractivity contribution < 1.29 is 33.3 Å². The zero-order valence-electron chi connectivity index (χ0n) is 24.7. The van der Waals surface area contributed by atoms with Gasteiger partial charge in [-0.3, -0.25) is 4.79 Å². The molecule has 230 valence electrons. The topological polar surface area (TPSA) is 137 Å². The number of amides is 3. The molecule has 3 N–H and O–H groups in total. The van der Waals surface area contributed by atoms with Crippen molar-refractivity contribution in [2.75, 3.05) is 20.3 Å². The number of nitrogens with zero attached hydrogens (tertiary/aromatic N) is 1. The fraction of sp³-hybridized carbons (Fsp3) is 0.250. The molecule has 0 bridgehead atoms. The number of urea groups is 1. The summed E-state index contributed by atoms with van der Waals surface area (Å²) in [6.45, 7) is 5.66. The minimum atomic E-state index is -0.766. The van der Waals surface area contributed by atoms with E-state index in [2.05, 4.69) is 43.2 Å². The van der Waals surface area contributed by atoms with Gasteiger partial charge in [0.2, 0.25) is 0 Å². The number of hydrogen-bond donors (Lipinski definition) is 3. The summed E-state index contributed by atoms with van der Waals surface area (Å²) in [4.78, 5) is 37.2. The first-order valence-corrected chi connectivity index (χ1v) is 14.5. The van der Waals surface area contributed by atoms with E-state index < -0.39 is 23.9 Å². The number of hydrazone groups is 1. The molecule has 3 aromatic rings. The van der Waals surface area contributed by atoms with Gasteiger partial charge in [-0.05, 0) is 83.7 Å². The van der Waals surface area contributed by atoms with Gasteiger partial charge in [0.05, 0.1) is 36.0 Å². The average molecular weight is 666 g/mol. The largest absolute Gasteiger partial charge is 0.493 e. The minimum absolute atomic E-state index is 0.187. The minimum Gasteiger partial charge on any atom is -0.493 e. The molecule has 4 rings (SSSR count). The Morgan fingerprint density at radius 1 is 1.02 bits per heavy atom. The number of benzene rings is 3. The third kappa shape index (κ3) is 8.38. The number of nitrogens with one attached hydrogen (secondary N) is 3. The van der Waals surface area contributed by atoms with Crippen LogP contribution in [0.1, 0.15) is 42.1 Å². The smallest absolute Gasteiger partial charge is 0.338 e. The molecule has 0 spiro atoms. The molecule has 0 aliphatic carbocycles. The molecule has 0 radical (unpaired) electrons. The maximum absolute atomic E-state index is 12.6. The van der Waals surface area contributed by atoms with Crippen molar-refractivity contribution in [3.8, 4) is 17.2 Å². The molecule has 11 nitrogen and oxygen atoms in total. The zero-order chi connectivity index (χ0) is 31.6. The molecule has 0 fully saturated rings. The molecule has 1 heterocycles. The average Bonchev–Trinajstić information content (AvgIpc) is 2.99. The first-order chi connectivity index (χ1) is 21.2. The van der Waals surface area contributed by atoms with E-state index in [4.69, 9.17) is 18.9 Å².